The van der Waals surface area contributed by atoms with Crippen LogP contribution >= 0.6 is 0 Å². The average Bonchev–Trinajstić information content (AvgIpc) is 2.27. The molecular formula is C11H10NO3. The van der Waals surface area contributed by atoms with E-state index in [0.29, 0.717) is 12.2 Å². The van der Waals surface area contributed by atoms with Gasteiger partial charge in [-0.05, 0) is 30.5 Å². The highest BCUT2D eigenvalue weighted by Gasteiger charge is 2.23. The molecule has 0 atom stereocenters. The van der Waals surface area contributed by atoms with Crippen LogP contribution in [-0.4, -0.2) is 12.0 Å². The highest BCUT2D eigenvalue weighted by atomic mass is 16.6. The Kier molecular flexibility index (Phi) is 2.41. The lowest BCUT2D eigenvalue weighted by molar-refractivity contribution is -0.386. The van der Waals surface area contributed by atoms with Crippen LogP contribution in [0.25, 0.3) is 6.08 Å². The minimum absolute atomic E-state index is 0.0905. The molecule has 0 aliphatic heterocycles. The van der Waals surface area contributed by atoms with Gasteiger partial charge in [-0.3, -0.25) is 10.1 Å². The molecule has 15 heavy (non-hydrogen) atoms. The molecule has 0 saturated heterocycles. The van der Waals surface area contributed by atoms with Crippen LogP contribution < -0.4 is 4.74 Å². The second-order valence-corrected chi connectivity index (χ2v) is 3.29. The fourth-order valence-corrected chi connectivity index (χ4v) is 1.77. The van der Waals surface area contributed by atoms with Crippen molar-refractivity contribution in [1.82, 2.24) is 0 Å². The van der Waals surface area contributed by atoms with Gasteiger partial charge in [-0.2, -0.15) is 0 Å². The Hall–Kier alpha value is -1.84. The third kappa shape index (κ3) is 1.58. The fourth-order valence-electron chi connectivity index (χ4n) is 1.77. The van der Waals surface area contributed by atoms with Crippen molar-refractivity contribution in [2.24, 2.45) is 0 Å². The van der Waals surface area contributed by atoms with E-state index < -0.39 is 0 Å². The van der Waals surface area contributed by atoms with Gasteiger partial charge in [-0.15, -0.1) is 0 Å². The number of hydrogen-bond acceptors (Lipinski definition) is 3. The van der Waals surface area contributed by atoms with E-state index in [1.165, 1.54) is 7.11 Å². The predicted octanol–water partition coefficient (Wildman–Crippen LogP) is 2.37. The maximum absolute atomic E-state index is 10.9. The number of allylic oxidation sites excluding steroid dienone is 1. The van der Waals surface area contributed by atoms with Crippen LogP contribution in [0.4, 0.5) is 5.69 Å². The van der Waals surface area contributed by atoms with Crippen LogP contribution in [-0.2, 0) is 6.42 Å². The van der Waals surface area contributed by atoms with Gasteiger partial charge in [0.2, 0.25) is 0 Å². The third-order valence-electron chi connectivity index (χ3n) is 2.46. The van der Waals surface area contributed by atoms with E-state index in [1.54, 1.807) is 12.1 Å². The van der Waals surface area contributed by atoms with E-state index in [0.717, 1.165) is 17.5 Å². The molecule has 4 heteroatoms. The van der Waals surface area contributed by atoms with Gasteiger partial charge in [0.1, 0.15) is 0 Å². The van der Waals surface area contributed by atoms with Gasteiger partial charge in [-0.1, -0.05) is 12.1 Å². The minimum Gasteiger partial charge on any atom is -0.490 e. The lowest BCUT2D eigenvalue weighted by atomic mass is 9.95. The summed E-state index contributed by atoms with van der Waals surface area (Å²) in [6, 6.07) is 3.45. The van der Waals surface area contributed by atoms with Crippen molar-refractivity contribution in [2.75, 3.05) is 7.11 Å². The maximum Gasteiger partial charge on any atom is 0.314 e. The molecule has 1 radical (unpaired) electrons. The fraction of sp³-hybridized carbons (Fsp3) is 0.273. The first-order chi connectivity index (χ1) is 7.24. The van der Waals surface area contributed by atoms with Crippen molar-refractivity contribution in [3.8, 4) is 5.75 Å². The first-order valence-corrected chi connectivity index (χ1v) is 4.65. The summed E-state index contributed by atoms with van der Waals surface area (Å²) in [4.78, 5) is 10.6. The van der Waals surface area contributed by atoms with Crippen molar-refractivity contribution in [3.63, 3.8) is 0 Å². The van der Waals surface area contributed by atoms with Crippen LogP contribution in [0.3, 0.4) is 0 Å². The third-order valence-corrected chi connectivity index (χ3v) is 2.46. The minimum atomic E-state index is -0.378. The van der Waals surface area contributed by atoms with E-state index in [-0.39, 0.29) is 10.6 Å². The quantitative estimate of drug-likeness (QED) is 0.549. The second kappa shape index (κ2) is 3.73. The van der Waals surface area contributed by atoms with Crippen molar-refractivity contribution in [3.05, 3.63) is 39.4 Å². The Morgan fingerprint density at radius 2 is 2.33 bits per heavy atom. The maximum atomic E-state index is 10.9. The molecule has 1 aromatic carbocycles. The van der Waals surface area contributed by atoms with Crippen molar-refractivity contribution >= 4 is 11.8 Å². The number of methoxy groups -OCH3 is 1. The van der Waals surface area contributed by atoms with Gasteiger partial charge in [-0.25, -0.2) is 0 Å². The Balaban J connectivity index is 2.65. The highest BCUT2D eigenvalue weighted by molar-refractivity contribution is 5.66. The van der Waals surface area contributed by atoms with E-state index in [1.807, 2.05) is 6.07 Å². The molecule has 0 bridgehead atoms. The summed E-state index contributed by atoms with van der Waals surface area (Å²) >= 11 is 0. The van der Waals surface area contributed by atoms with Crippen LogP contribution in [0.5, 0.6) is 5.75 Å². The molecule has 0 saturated carbocycles. The van der Waals surface area contributed by atoms with Crippen molar-refractivity contribution < 1.29 is 9.66 Å². The molecule has 0 fully saturated rings. The molecule has 2 rings (SSSR count). The highest BCUT2D eigenvalue weighted by Crippen LogP contribution is 2.36. The van der Waals surface area contributed by atoms with Gasteiger partial charge in [0.15, 0.2) is 5.75 Å². The number of fused-ring (bicyclic) bond motifs is 1. The van der Waals surface area contributed by atoms with E-state index in [2.05, 4.69) is 6.08 Å². The summed E-state index contributed by atoms with van der Waals surface area (Å²) < 4.78 is 5.00. The SMILES string of the molecule is COc1ccc2c(c1[N+](=O)[O-])CC[C]=C2. The van der Waals surface area contributed by atoms with Gasteiger partial charge < -0.3 is 4.74 Å². The van der Waals surface area contributed by atoms with Gasteiger partial charge in [0.25, 0.3) is 0 Å². The van der Waals surface area contributed by atoms with E-state index >= 15 is 0 Å². The number of ether oxygens (including phenoxy) is 1. The zero-order valence-corrected chi connectivity index (χ0v) is 8.32. The molecule has 1 aliphatic carbocycles. The smallest absolute Gasteiger partial charge is 0.314 e. The Bertz CT molecular complexity index is 438. The molecule has 77 valence electrons. The molecule has 0 amide bonds. The summed E-state index contributed by atoms with van der Waals surface area (Å²) in [5, 5.41) is 10.9. The van der Waals surface area contributed by atoms with Gasteiger partial charge in [0, 0.05) is 5.56 Å². The number of benzene rings is 1. The van der Waals surface area contributed by atoms with Gasteiger partial charge >= 0.3 is 5.69 Å². The van der Waals surface area contributed by atoms with Gasteiger partial charge in [0.05, 0.1) is 12.0 Å². The lowest BCUT2D eigenvalue weighted by Gasteiger charge is -2.12. The number of rotatable bonds is 2. The first kappa shape index (κ1) is 9.71. The number of nitro benzene ring substituents is 1. The zero-order chi connectivity index (χ0) is 10.8. The predicted molar refractivity (Wildman–Crippen MR) is 55.7 cm³/mol. The summed E-state index contributed by atoms with van der Waals surface area (Å²) in [5.74, 6) is 0.328. The number of nitrogens with zero attached hydrogens (tertiary/aromatic N) is 1. The largest absolute Gasteiger partial charge is 0.490 e. The van der Waals surface area contributed by atoms with Crippen molar-refractivity contribution in [1.29, 1.82) is 0 Å². The summed E-state index contributed by atoms with van der Waals surface area (Å²) in [5.41, 5.74) is 1.71. The van der Waals surface area contributed by atoms with Crippen LogP contribution in [0.15, 0.2) is 12.1 Å². The Morgan fingerprint density at radius 1 is 1.53 bits per heavy atom. The Labute approximate surface area is 87.3 Å². The normalized spacial score (nSPS) is 13.4. The molecule has 0 aromatic heterocycles. The molecule has 0 spiro atoms. The molecule has 1 aromatic rings. The summed E-state index contributed by atoms with van der Waals surface area (Å²) in [6.07, 6.45) is 6.23. The topological polar surface area (TPSA) is 52.4 Å². The summed E-state index contributed by atoms with van der Waals surface area (Å²) in [6.45, 7) is 0. The molecule has 0 N–H and O–H groups in total. The van der Waals surface area contributed by atoms with Crippen LogP contribution in [0, 0.1) is 16.2 Å². The number of hydrogen-bond donors (Lipinski definition) is 0. The number of nitro groups is 1. The van der Waals surface area contributed by atoms with E-state index in [4.69, 9.17) is 4.74 Å². The van der Waals surface area contributed by atoms with Crippen LogP contribution in [0.1, 0.15) is 17.5 Å². The lowest BCUT2D eigenvalue weighted by Crippen LogP contribution is -2.03. The second-order valence-electron chi connectivity index (χ2n) is 3.29. The van der Waals surface area contributed by atoms with E-state index in [9.17, 15) is 10.1 Å². The zero-order valence-electron chi connectivity index (χ0n) is 8.32. The molecule has 0 unspecified atom stereocenters. The monoisotopic (exact) mass is 204 g/mol. The van der Waals surface area contributed by atoms with Crippen LogP contribution in [0.2, 0.25) is 0 Å². The summed E-state index contributed by atoms with van der Waals surface area (Å²) in [7, 11) is 1.44. The standard InChI is InChI=1S/C11H10NO3/c1-15-10-7-6-8-4-2-3-5-9(8)11(10)12(13)14/h4,6-7H,3,5H2,1H3. The first-order valence-electron chi connectivity index (χ1n) is 4.65. The Morgan fingerprint density at radius 3 is 3.00 bits per heavy atom. The van der Waals surface area contributed by atoms with Crippen molar-refractivity contribution in [2.45, 2.75) is 12.8 Å². The molecular weight excluding hydrogens is 194 g/mol. The molecule has 4 nitrogen and oxygen atoms in total. The molecule has 0 heterocycles. The average molecular weight is 204 g/mol. The molecule has 1 aliphatic rings.